The number of amides is 1. The molecule has 3 aromatic rings. The van der Waals surface area contributed by atoms with Crippen LogP contribution in [0.1, 0.15) is 29.1 Å². The summed E-state index contributed by atoms with van der Waals surface area (Å²) >= 11 is 2.60. The van der Waals surface area contributed by atoms with Crippen molar-refractivity contribution in [2.45, 2.75) is 32.5 Å². The average molecular weight is 487 g/mol. The van der Waals surface area contributed by atoms with Gasteiger partial charge in [0.15, 0.2) is 11.0 Å². The number of nitrogens with one attached hydrogen (secondary N) is 1. The van der Waals surface area contributed by atoms with Crippen LogP contribution in [0.25, 0.3) is 11.4 Å². The fraction of sp³-hybridized carbons (Fsp3) is 0.304. The van der Waals surface area contributed by atoms with E-state index < -0.39 is 5.97 Å². The van der Waals surface area contributed by atoms with Crippen LogP contribution in [0.2, 0.25) is 0 Å². The van der Waals surface area contributed by atoms with Crippen LogP contribution in [-0.4, -0.2) is 45.6 Å². The van der Waals surface area contributed by atoms with E-state index in [2.05, 4.69) is 22.1 Å². The van der Waals surface area contributed by atoms with E-state index in [1.807, 2.05) is 42.7 Å². The maximum absolute atomic E-state index is 12.6. The number of ether oxygens (including phenoxy) is 2. The van der Waals surface area contributed by atoms with E-state index >= 15 is 0 Å². The Morgan fingerprint density at radius 3 is 2.64 bits per heavy atom. The second-order valence-corrected chi connectivity index (χ2v) is 9.02. The second-order valence-electron chi connectivity index (χ2n) is 6.82. The third-order valence-electron chi connectivity index (χ3n) is 4.39. The highest BCUT2D eigenvalue weighted by molar-refractivity contribution is 7.99. The Labute approximate surface area is 201 Å². The van der Waals surface area contributed by atoms with Gasteiger partial charge in [0.2, 0.25) is 5.91 Å². The molecule has 0 fully saturated rings. The molecule has 0 aliphatic heterocycles. The van der Waals surface area contributed by atoms with E-state index in [9.17, 15) is 9.59 Å². The molecule has 10 heteroatoms. The second kappa shape index (κ2) is 11.7. The molecule has 3 rings (SSSR count). The average Bonchev–Trinajstić information content (AvgIpc) is 3.36. The molecular formula is C23H26N4O4S2. The van der Waals surface area contributed by atoms with Gasteiger partial charge in [0, 0.05) is 17.0 Å². The predicted molar refractivity (Wildman–Crippen MR) is 131 cm³/mol. The molecule has 8 nitrogen and oxygen atoms in total. The molecule has 2 heterocycles. The number of benzene rings is 1. The highest BCUT2D eigenvalue weighted by Crippen LogP contribution is 2.29. The zero-order chi connectivity index (χ0) is 23.8. The number of aryl methyl sites for hydroxylation is 1. The number of carbonyl (C=O) groups excluding carboxylic acids is 2. The van der Waals surface area contributed by atoms with Crippen LogP contribution in [0.4, 0.5) is 5.00 Å². The Balaban J connectivity index is 1.71. The first-order chi connectivity index (χ1) is 16.0. The third kappa shape index (κ3) is 6.23. The van der Waals surface area contributed by atoms with Crippen molar-refractivity contribution in [3.63, 3.8) is 0 Å². The number of rotatable bonds is 11. The number of aromatic nitrogens is 3. The van der Waals surface area contributed by atoms with Crippen LogP contribution in [0.5, 0.6) is 5.75 Å². The maximum atomic E-state index is 12.6. The number of hydrogen-bond donors (Lipinski definition) is 1. The predicted octanol–water partition coefficient (Wildman–Crippen LogP) is 4.81. The highest BCUT2D eigenvalue weighted by atomic mass is 32.2. The summed E-state index contributed by atoms with van der Waals surface area (Å²) in [7, 11) is 0. The summed E-state index contributed by atoms with van der Waals surface area (Å²) in [6.07, 6.45) is 1.76. The van der Waals surface area contributed by atoms with Crippen LogP contribution >= 0.6 is 23.1 Å². The van der Waals surface area contributed by atoms with Crippen LogP contribution in [0, 0.1) is 6.92 Å². The van der Waals surface area contributed by atoms with Gasteiger partial charge in [-0.05, 0) is 51.1 Å². The zero-order valence-electron chi connectivity index (χ0n) is 18.8. The first kappa shape index (κ1) is 24.5. The smallest absolute Gasteiger partial charge is 0.341 e. The molecule has 1 N–H and O–H groups in total. The van der Waals surface area contributed by atoms with Crippen molar-refractivity contribution in [2.24, 2.45) is 0 Å². The number of hydrogen-bond acceptors (Lipinski definition) is 8. The Hall–Kier alpha value is -3.11. The summed E-state index contributed by atoms with van der Waals surface area (Å²) < 4.78 is 12.5. The van der Waals surface area contributed by atoms with E-state index in [1.54, 1.807) is 19.1 Å². The highest BCUT2D eigenvalue weighted by Gasteiger charge is 2.19. The van der Waals surface area contributed by atoms with E-state index in [4.69, 9.17) is 9.47 Å². The Morgan fingerprint density at radius 1 is 1.21 bits per heavy atom. The Kier molecular flexibility index (Phi) is 8.67. The normalized spacial score (nSPS) is 10.6. The minimum atomic E-state index is -0.449. The molecule has 33 heavy (non-hydrogen) atoms. The summed E-state index contributed by atoms with van der Waals surface area (Å²) in [4.78, 5) is 25.7. The number of thioether (sulfide) groups is 1. The lowest BCUT2D eigenvalue weighted by Gasteiger charge is -2.09. The SMILES string of the molecule is C=CCn1c(SCC(=O)Nc2sc(C)cc2C(=O)OCC)nnc1-c1ccc(OCC)cc1. The summed E-state index contributed by atoms with van der Waals surface area (Å²) in [5.74, 6) is 0.879. The van der Waals surface area contributed by atoms with E-state index in [-0.39, 0.29) is 18.3 Å². The zero-order valence-corrected chi connectivity index (χ0v) is 20.4. The molecule has 1 amide bonds. The first-order valence-electron chi connectivity index (χ1n) is 10.4. The van der Waals surface area contributed by atoms with Gasteiger partial charge in [-0.15, -0.1) is 28.1 Å². The monoisotopic (exact) mass is 486 g/mol. The van der Waals surface area contributed by atoms with Gasteiger partial charge in [-0.3, -0.25) is 9.36 Å². The van der Waals surface area contributed by atoms with Gasteiger partial charge in [0.05, 0.1) is 24.5 Å². The molecule has 0 bridgehead atoms. The van der Waals surface area contributed by atoms with Gasteiger partial charge in [-0.25, -0.2) is 4.79 Å². The number of esters is 1. The number of anilines is 1. The van der Waals surface area contributed by atoms with E-state index in [0.29, 0.717) is 34.7 Å². The fourth-order valence-electron chi connectivity index (χ4n) is 3.03. The van der Waals surface area contributed by atoms with Crippen LogP contribution < -0.4 is 10.1 Å². The van der Waals surface area contributed by atoms with Crippen molar-refractivity contribution in [3.8, 4) is 17.1 Å². The topological polar surface area (TPSA) is 95.3 Å². The molecule has 0 aliphatic carbocycles. The molecule has 2 aromatic heterocycles. The summed E-state index contributed by atoms with van der Waals surface area (Å²) in [5.41, 5.74) is 1.25. The summed E-state index contributed by atoms with van der Waals surface area (Å²) in [6, 6.07) is 9.33. The van der Waals surface area contributed by atoms with Crippen LogP contribution in [-0.2, 0) is 16.1 Å². The van der Waals surface area contributed by atoms with Gasteiger partial charge in [0.25, 0.3) is 0 Å². The first-order valence-corrected chi connectivity index (χ1v) is 12.2. The fourth-order valence-corrected chi connectivity index (χ4v) is 4.69. The molecule has 0 atom stereocenters. The Bertz CT molecular complexity index is 1120. The molecule has 174 valence electrons. The van der Waals surface area contributed by atoms with Gasteiger partial charge in [-0.1, -0.05) is 17.8 Å². The van der Waals surface area contributed by atoms with Crippen molar-refractivity contribution < 1.29 is 19.1 Å². The maximum Gasteiger partial charge on any atom is 0.341 e. The Morgan fingerprint density at radius 2 is 1.97 bits per heavy atom. The van der Waals surface area contributed by atoms with E-state index in [0.717, 1.165) is 16.2 Å². The number of allylic oxidation sites excluding steroid dienone is 1. The summed E-state index contributed by atoms with van der Waals surface area (Å²) in [5, 5.41) is 12.5. The van der Waals surface area contributed by atoms with Crippen molar-refractivity contribution in [1.82, 2.24) is 14.8 Å². The molecule has 0 radical (unpaired) electrons. The lowest BCUT2D eigenvalue weighted by molar-refractivity contribution is -0.113. The lowest BCUT2D eigenvalue weighted by atomic mass is 10.2. The van der Waals surface area contributed by atoms with Crippen molar-refractivity contribution in [3.05, 3.63) is 53.4 Å². The van der Waals surface area contributed by atoms with Crippen molar-refractivity contribution >= 4 is 40.0 Å². The molecule has 0 unspecified atom stereocenters. The van der Waals surface area contributed by atoms with Gasteiger partial charge in [0.1, 0.15) is 10.8 Å². The quantitative estimate of drug-likeness (QED) is 0.236. The van der Waals surface area contributed by atoms with Gasteiger partial charge in [-0.2, -0.15) is 0 Å². The van der Waals surface area contributed by atoms with Crippen molar-refractivity contribution in [2.75, 3.05) is 24.3 Å². The minimum Gasteiger partial charge on any atom is -0.494 e. The standard InChI is InChI=1S/C23H26N4O4S2/c1-5-12-27-20(16-8-10-17(11-9-16)30-6-2)25-26-23(27)32-14-19(28)24-21-18(13-15(4)33-21)22(29)31-7-3/h5,8-11,13H,1,6-7,12,14H2,2-4H3,(H,24,28). The number of carbonyl (C=O) groups is 2. The molecule has 0 aliphatic rings. The van der Waals surface area contributed by atoms with Crippen LogP contribution in [0.3, 0.4) is 0 Å². The third-order valence-corrected chi connectivity index (χ3v) is 6.32. The molecular weight excluding hydrogens is 460 g/mol. The van der Waals surface area contributed by atoms with Gasteiger partial charge < -0.3 is 14.8 Å². The minimum absolute atomic E-state index is 0.109. The van der Waals surface area contributed by atoms with Gasteiger partial charge >= 0.3 is 5.97 Å². The van der Waals surface area contributed by atoms with E-state index in [1.165, 1.54) is 23.1 Å². The largest absolute Gasteiger partial charge is 0.494 e. The lowest BCUT2D eigenvalue weighted by Crippen LogP contribution is -2.16. The van der Waals surface area contributed by atoms with Crippen LogP contribution in [0.15, 0.2) is 48.1 Å². The number of thiophene rings is 1. The molecule has 1 aromatic carbocycles. The molecule has 0 saturated heterocycles. The van der Waals surface area contributed by atoms with Crippen molar-refractivity contribution in [1.29, 1.82) is 0 Å². The summed E-state index contributed by atoms with van der Waals surface area (Å²) in [6.45, 7) is 10.7. The molecule has 0 saturated carbocycles. The molecule has 0 spiro atoms. The number of nitrogens with zero attached hydrogens (tertiary/aromatic N) is 3.